The Labute approximate surface area is 145 Å². The van der Waals surface area contributed by atoms with E-state index in [9.17, 15) is 4.79 Å². The van der Waals surface area contributed by atoms with Crippen LogP contribution in [0.3, 0.4) is 0 Å². The van der Waals surface area contributed by atoms with Gasteiger partial charge in [-0.1, -0.05) is 55.7 Å². The largest absolute Gasteiger partial charge is 0.395 e. The summed E-state index contributed by atoms with van der Waals surface area (Å²) in [6.07, 6.45) is 10.4. The molecule has 0 heterocycles. The Balaban J connectivity index is 2.38. The number of unbranched alkanes of at least 4 members (excludes halogenated alkanes) is 1. The number of hydrogen-bond donors (Lipinski definition) is 2. The first kappa shape index (κ1) is 20.1. The van der Waals surface area contributed by atoms with Crippen molar-refractivity contribution in [2.45, 2.75) is 44.6 Å². The standard InChI is InChI=1S/C21H29NO2/c1-3-7-17(4-2)8-5-6-9-21(24)19-13-10-18(11-14-19)12-15-20(22)16-23/h3-4,7,10-11,13-14,20,23H,1-2,5-6,8-9,12,15-16,22H2/b17-7+. The van der Waals surface area contributed by atoms with Crippen molar-refractivity contribution in [1.82, 2.24) is 0 Å². The summed E-state index contributed by atoms with van der Waals surface area (Å²) in [5.41, 5.74) is 8.75. The van der Waals surface area contributed by atoms with Crippen LogP contribution in [0.5, 0.6) is 0 Å². The smallest absolute Gasteiger partial charge is 0.162 e. The summed E-state index contributed by atoms with van der Waals surface area (Å²) < 4.78 is 0. The minimum atomic E-state index is -0.179. The van der Waals surface area contributed by atoms with E-state index in [1.807, 2.05) is 36.4 Å². The van der Waals surface area contributed by atoms with Crippen LogP contribution in [0.1, 0.15) is 48.0 Å². The highest BCUT2D eigenvalue weighted by Gasteiger charge is 2.07. The summed E-state index contributed by atoms with van der Waals surface area (Å²) in [5, 5.41) is 8.93. The summed E-state index contributed by atoms with van der Waals surface area (Å²) in [5.74, 6) is 0.182. The second-order valence-electron chi connectivity index (χ2n) is 5.99. The van der Waals surface area contributed by atoms with Crippen molar-refractivity contribution < 1.29 is 9.90 Å². The molecule has 1 aromatic rings. The lowest BCUT2D eigenvalue weighted by Crippen LogP contribution is -2.24. The molecule has 24 heavy (non-hydrogen) atoms. The second-order valence-corrected chi connectivity index (χ2v) is 5.99. The van der Waals surface area contributed by atoms with Crippen molar-refractivity contribution in [3.63, 3.8) is 0 Å². The highest BCUT2D eigenvalue weighted by molar-refractivity contribution is 5.96. The monoisotopic (exact) mass is 327 g/mol. The summed E-state index contributed by atoms with van der Waals surface area (Å²) in [6, 6.07) is 7.53. The first-order chi connectivity index (χ1) is 11.6. The number of hydrogen-bond acceptors (Lipinski definition) is 3. The third kappa shape index (κ3) is 7.53. The van der Waals surface area contributed by atoms with E-state index >= 15 is 0 Å². The fourth-order valence-corrected chi connectivity index (χ4v) is 2.46. The molecule has 1 unspecified atom stereocenters. The molecule has 3 N–H and O–H groups in total. The molecule has 3 nitrogen and oxygen atoms in total. The Bertz CT molecular complexity index is 558. The average Bonchev–Trinajstić information content (AvgIpc) is 2.62. The Kier molecular flexibility index (Phi) is 9.66. The molecule has 0 bridgehead atoms. The topological polar surface area (TPSA) is 63.3 Å². The second kappa shape index (κ2) is 11.5. The van der Waals surface area contributed by atoms with E-state index in [0.29, 0.717) is 6.42 Å². The van der Waals surface area contributed by atoms with E-state index in [1.165, 1.54) is 0 Å². The predicted octanol–water partition coefficient (Wildman–Crippen LogP) is 3.98. The van der Waals surface area contributed by atoms with Gasteiger partial charge < -0.3 is 10.8 Å². The Morgan fingerprint density at radius 2 is 1.83 bits per heavy atom. The van der Waals surface area contributed by atoms with Crippen molar-refractivity contribution in [2.24, 2.45) is 5.73 Å². The third-order valence-electron chi connectivity index (χ3n) is 4.03. The Hall–Kier alpha value is -1.97. The normalized spacial score (nSPS) is 12.7. The van der Waals surface area contributed by atoms with Crippen molar-refractivity contribution >= 4 is 5.78 Å². The zero-order valence-corrected chi connectivity index (χ0v) is 14.4. The molecule has 0 aliphatic rings. The van der Waals surface area contributed by atoms with Crippen LogP contribution in [0, 0.1) is 0 Å². The molecule has 1 aromatic carbocycles. The first-order valence-electron chi connectivity index (χ1n) is 8.53. The molecule has 0 amide bonds. The Morgan fingerprint density at radius 1 is 1.17 bits per heavy atom. The molecular formula is C21H29NO2. The van der Waals surface area contributed by atoms with Gasteiger partial charge in [0.25, 0.3) is 0 Å². The van der Waals surface area contributed by atoms with Gasteiger partial charge in [0.2, 0.25) is 0 Å². The van der Waals surface area contributed by atoms with Gasteiger partial charge in [-0.15, -0.1) is 0 Å². The summed E-state index contributed by atoms with van der Waals surface area (Å²) in [4.78, 5) is 12.2. The average molecular weight is 327 g/mol. The maximum absolute atomic E-state index is 12.2. The van der Waals surface area contributed by atoms with Crippen molar-refractivity contribution in [3.05, 3.63) is 72.4 Å². The molecule has 0 aliphatic heterocycles. The SMILES string of the molecule is C=C/C=C(\C=C)CCCCC(=O)c1ccc(CCC(N)CO)cc1. The van der Waals surface area contributed by atoms with Gasteiger partial charge in [0.05, 0.1) is 6.61 Å². The van der Waals surface area contributed by atoms with E-state index in [1.54, 1.807) is 6.08 Å². The van der Waals surface area contributed by atoms with Gasteiger partial charge >= 0.3 is 0 Å². The van der Waals surface area contributed by atoms with E-state index in [0.717, 1.165) is 48.8 Å². The van der Waals surface area contributed by atoms with Crippen LogP contribution < -0.4 is 5.73 Å². The lowest BCUT2D eigenvalue weighted by atomic mass is 10.00. The van der Waals surface area contributed by atoms with Gasteiger partial charge in [-0.2, -0.15) is 0 Å². The number of nitrogens with two attached hydrogens (primary N) is 1. The van der Waals surface area contributed by atoms with Gasteiger partial charge in [-0.3, -0.25) is 4.79 Å². The molecule has 1 rings (SSSR count). The number of carbonyl (C=O) groups is 1. The third-order valence-corrected chi connectivity index (χ3v) is 4.03. The fraction of sp³-hybridized carbons (Fsp3) is 0.381. The van der Waals surface area contributed by atoms with Gasteiger partial charge in [-0.05, 0) is 43.2 Å². The van der Waals surface area contributed by atoms with Crippen LogP contribution >= 0.6 is 0 Å². The zero-order valence-electron chi connectivity index (χ0n) is 14.4. The maximum Gasteiger partial charge on any atom is 0.162 e. The van der Waals surface area contributed by atoms with Crippen molar-refractivity contribution in [1.29, 1.82) is 0 Å². The van der Waals surface area contributed by atoms with Crippen LogP contribution in [-0.2, 0) is 6.42 Å². The molecule has 130 valence electrons. The van der Waals surface area contributed by atoms with Crippen LogP contribution in [0.4, 0.5) is 0 Å². The molecule has 3 heteroatoms. The van der Waals surface area contributed by atoms with E-state index in [4.69, 9.17) is 10.8 Å². The lowest BCUT2D eigenvalue weighted by Gasteiger charge is -2.08. The zero-order chi connectivity index (χ0) is 17.8. The number of Topliss-reactive ketones (excluding diaryl/α,β-unsaturated/α-hetero) is 1. The molecule has 0 saturated carbocycles. The number of aryl methyl sites for hydroxylation is 1. The van der Waals surface area contributed by atoms with Gasteiger partial charge in [0, 0.05) is 18.0 Å². The molecule has 0 aliphatic carbocycles. The van der Waals surface area contributed by atoms with E-state index in [-0.39, 0.29) is 18.4 Å². The number of ketones is 1. The first-order valence-corrected chi connectivity index (χ1v) is 8.53. The maximum atomic E-state index is 12.2. The van der Waals surface area contributed by atoms with E-state index in [2.05, 4.69) is 13.2 Å². The minimum absolute atomic E-state index is 0.00608. The summed E-state index contributed by atoms with van der Waals surface area (Å²) in [7, 11) is 0. The molecule has 0 spiro atoms. The number of benzene rings is 1. The van der Waals surface area contributed by atoms with Crippen molar-refractivity contribution in [2.75, 3.05) is 6.61 Å². The van der Waals surface area contributed by atoms with Crippen LogP contribution in [-0.4, -0.2) is 23.5 Å². The number of aliphatic hydroxyl groups excluding tert-OH is 1. The number of allylic oxidation sites excluding steroid dienone is 4. The van der Waals surface area contributed by atoms with Gasteiger partial charge in [0.15, 0.2) is 5.78 Å². The summed E-state index contributed by atoms with van der Waals surface area (Å²) in [6.45, 7) is 7.46. The highest BCUT2D eigenvalue weighted by atomic mass is 16.3. The van der Waals surface area contributed by atoms with Crippen LogP contribution in [0.25, 0.3) is 0 Å². The molecular weight excluding hydrogens is 298 g/mol. The number of rotatable bonds is 12. The van der Waals surface area contributed by atoms with Gasteiger partial charge in [-0.25, -0.2) is 0 Å². The predicted molar refractivity (Wildman–Crippen MR) is 101 cm³/mol. The molecule has 0 saturated heterocycles. The Morgan fingerprint density at radius 3 is 2.42 bits per heavy atom. The molecule has 0 fully saturated rings. The van der Waals surface area contributed by atoms with Crippen LogP contribution in [0.15, 0.2) is 61.2 Å². The van der Waals surface area contributed by atoms with Gasteiger partial charge in [0.1, 0.15) is 0 Å². The summed E-state index contributed by atoms with van der Waals surface area (Å²) >= 11 is 0. The highest BCUT2D eigenvalue weighted by Crippen LogP contribution is 2.14. The van der Waals surface area contributed by atoms with Crippen molar-refractivity contribution in [3.8, 4) is 0 Å². The molecule has 1 atom stereocenters. The van der Waals surface area contributed by atoms with E-state index < -0.39 is 0 Å². The molecule has 0 aromatic heterocycles. The molecule has 0 radical (unpaired) electrons. The minimum Gasteiger partial charge on any atom is -0.395 e. The lowest BCUT2D eigenvalue weighted by molar-refractivity contribution is 0.0979. The quantitative estimate of drug-likeness (QED) is 0.347. The van der Waals surface area contributed by atoms with Crippen LogP contribution in [0.2, 0.25) is 0 Å². The fourth-order valence-electron chi connectivity index (χ4n) is 2.46. The number of aliphatic hydroxyl groups is 1. The number of carbonyl (C=O) groups excluding carboxylic acids is 1.